The second-order valence-corrected chi connectivity index (χ2v) is 5.79. The van der Waals surface area contributed by atoms with Gasteiger partial charge in [-0.3, -0.25) is 9.59 Å². The first kappa shape index (κ1) is 17.0. The summed E-state index contributed by atoms with van der Waals surface area (Å²) in [4.78, 5) is 22.9. The van der Waals surface area contributed by atoms with E-state index in [1.165, 1.54) is 0 Å². The van der Waals surface area contributed by atoms with Gasteiger partial charge in [-0.25, -0.2) is 0 Å². The van der Waals surface area contributed by atoms with Gasteiger partial charge in [0.25, 0.3) is 0 Å². The lowest BCUT2D eigenvalue weighted by Crippen LogP contribution is -2.40. The topological polar surface area (TPSA) is 75.6 Å². The van der Waals surface area contributed by atoms with Crippen LogP contribution in [-0.4, -0.2) is 35.7 Å². The first-order valence-corrected chi connectivity index (χ1v) is 7.60. The van der Waals surface area contributed by atoms with Gasteiger partial charge in [0.15, 0.2) is 0 Å². The molecule has 1 saturated heterocycles. The third-order valence-corrected chi connectivity index (χ3v) is 4.03. The fourth-order valence-electron chi connectivity index (χ4n) is 2.63. The van der Waals surface area contributed by atoms with Gasteiger partial charge in [-0.1, -0.05) is 20.3 Å². The lowest BCUT2D eigenvalue weighted by molar-refractivity contribution is -0.141. The minimum absolute atomic E-state index is 0.0274. The molecule has 0 spiro atoms. The van der Waals surface area contributed by atoms with E-state index in [1.54, 1.807) is 6.92 Å². The van der Waals surface area contributed by atoms with Crippen LogP contribution in [0.2, 0.25) is 0 Å². The average molecular weight is 285 g/mol. The largest absolute Gasteiger partial charge is 0.481 e. The summed E-state index contributed by atoms with van der Waals surface area (Å²) in [7, 11) is 0. The third-order valence-electron chi connectivity index (χ3n) is 4.03. The Morgan fingerprint density at radius 3 is 2.65 bits per heavy atom. The highest BCUT2D eigenvalue weighted by molar-refractivity contribution is 5.79. The Bertz CT molecular complexity index is 332. The van der Waals surface area contributed by atoms with E-state index in [4.69, 9.17) is 9.84 Å². The van der Waals surface area contributed by atoms with Gasteiger partial charge in [0.05, 0.1) is 17.9 Å². The molecule has 0 aliphatic carbocycles. The predicted molar refractivity (Wildman–Crippen MR) is 76.4 cm³/mol. The Kier molecular flexibility index (Phi) is 6.99. The van der Waals surface area contributed by atoms with E-state index < -0.39 is 5.97 Å². The van der Waals surface area contributed by atoms with E-state index in [0.29, 0.717) is 13.0 Å². The van der Waals surface area contributed by atoms with Crippen LogP contribution in [0.3, 0.4) is 0 Å². The van der Waals surface area contributed by atoms with Crippen LogP contribution in [-0.2, 0) is 14.3 Å². The lowest BCUT2D eigenvalue weighted by Gasteiger charge is -2.20. The fraction of sp³-hybridized carbons (Fsp3) is 0.867. The monoisotopic (exact) mass is 285 g/mol. The van der Waals surface area contributed by atoms with Crippen LogP contribution >= 0.6 is 0 Å². The minimum atomic E-state index is -0.754. The summed E-state index contributed by atoms with van der Waals surface area (Å²) in [6.45, 7) is 6.39. The molecule has 0 bridgehead atoms. The molecule has 4 unspecified atom stereocenters. The number of nitrogens with one attached hydrogen (secondary N) is 1. The molecule has 0 aromatic rings. The van der Waals surface area contributed by atoms with Crippen molar-refractivity contribution in [2.24, 2.45) is 11.8 Å². The van der Waals surface area contributed by atoms with Gasteiger partial charge in [0, 0.05) is 12.6 Å². The molecule has 4 atom stereocenters. The fourth-order valence-corrected chi connectivity index (χ4v) is 2.63. The number of carboxylic acids is 1. The van der Waals surface area contributed by atoms with Crippen LogP contribution in [0.1, 0.15) is 52.9 Å². The Balaban J connectivity index is 2.26. The van der Waals surface area contributed by atoms with E-state index in [-0.39, 0.29) is 29.9 Å². The number of aliphatic carboxylic acids is 1. The molecule has 1 fully saturated rings. The van der Waals surface area contributed by atoms with Crippen LogP contribution in [0, 0.1) is 11.8 Å². The van der Waals surface area contributed by atoms with Crippen LogP contribution < -0.4 is 5.32 Å². The van der Waals surface area contributed by atoms with E-state index in [9.17, 15) is 9.59 Å². The van der Waals surface area contributed by atoms with E-state index in [2.05, 4.69) is 5.32 Å². The number of hydrogen-bond acceptors (Lipinski definition) is 3. The van der Waals surface area contributed by atoms with Crippen LogP contribution in [0.4, 0.5) is 0 Å². The highest BCUT2D eigenvalue weighted by Gasteiger charge is 2.33. The molecule has 0 radical (unpaired) electrons. The molecule has 0 aromatic carbocycles. The highest BCUT2D eigenvalue weighted by Crippen LogP contribution is 2.23. The van der Waals surface area contributed by atoms with Gasteiger partial charge in [0.2, 0.25) is 5.91 Å². The van der Waals surface area contributed by atoms with E-state index >= 15 is 0 Å². The van der Waals surface area contributed by atoms with Crippen molar-refractivity contribution in [3.8, 4) is 0 Å². The predicted octanol–water partition coefficient (Wildman–Crippen LogP) is 2.20. The van der Waals surface area contributed by atoms with Gasteiger partial charge >= 0.3 is 5.97 Å². The summed E-state index contributed by atoms with van der Waals surface area (Å²) >= 11 is 0. The van der Waals surface area contributed by atoms with Crippen molar-refractivity contribution in [1.29, 1.82) is 0 Å². The smallest absolute Gasteiger partial charge is 0.306 e. The number of amides is 1. The van der Waals surface area contributed by atoms with E-state index in [0.717, 1.165) is 25.7 Å². The summed E-state index contributed by atoms with van der Waals surface area (Å²) < 4.78 is 5.53. The molecular weight excluding hydrogens is 258 g/mol. The standard InChI is InChI=1S/C15H27NO4/c1-4-13-12(8-9-20-13)14(17)16-11(3)7-5-6-10(2)15(18)19/h10-13H,4-9H2,1-3H3,(H,16,17)(H,18,19). The number of hydrogen-bond donors (Lipinski definition) is 2. The third kappa shape index (κ3) is 5.12. The molecule has 0 aromatic heterocycles. The Labute approximate surface area is 121 Å². The molecule has 1 rings (SSSR count). The first-order valence-electron chi connectivity index (χ1n) is 7.60. The summed E-state index contributed by atoms with van der Waals surface area (Å²) in [5.41, 5.74) is 0. The zero-order valence-corrected chi connectivity index (χ0v) is 12.7. The van der Waals surface area contributed by atoms with Crippen molar-refractivity contribution in [2.45, 2.75) is 65.0 Å². The maximum absolute atomic E-state index is 12.1. The maximum Gasteiger partial charge on any atom is 0.306 e. The number of rotatable bonds is 8. The maximum atomic E-state index is 12.1. The van der Waals surface area contributed by atoms with Gasteiger partial charge in [-0.2, -0.15) is 0 Å². The summed E-state index contributed by atoms with van der Waals surface area (Å²) in [5.74, 6) is -1.02. The zero-order valence-electron chi connectivity index (χ0n) is 12.7. The molecule has 5 nitrogen and oxygen atoms in total. The SMILES string of the molecule is CCC1OCCC1C(=O)NC(C)CCCC(C)C(=O)O. The normalized spacial score (nSPS) is 25.1. The van der Waals surface area contributed by atoms with Gasteiger partial charge in [-0.15, -0.1) is 0 Å². The van der Waals surface area contributed by atoms with Crippen LogP contribution in [0.25, 0.3) is 0 Å². The molecule has 0 saturated carbocycles. The van der Waals surface area contributed by atoms with Crippen molar-refractivity contribution in [3.05, 3.63) is 0 Å². The average Bonchev–Trinajstić information content (AvgIpc) is 2.86. The molecule has 116 valence electrons. The Morgan fingerprint density at radius 2 is 2.05 bits per heavy atom. The highest BCUT2D eigenvalue weighted by atomic mass is 16.5. The summed E-state index contributed by atoms with van der Waals surface area (Å²) in [6, 6.07) is 0.0848. The second kappa shape index (κ2) is 8.25. The molecule has 20 heavy (non-hydrogen) atoms. The van der Waals surface area contributed by atoms with Crippen LogP contribution in [0.15, 0.2) is 0 Å². The van der Waals surface area contributed by atoms with Crippen LogP contribution in [0.5, 0.6) is 0 Å². The molecular formula is C15H27NO4. The molecule has 1 aliphatic rings. The number of ether oxygens (including phenoxy) is 1. The van der Waals surface area contributed by atoms with Gasteiger partial charge < -0.3 is 15.2 Å². The molecule has 1 aliphatic heterocycles. The van der Waals surface area contributed by atoms with Crippen molar-refractivity contribution >= 4 is 11.9 Å². The lowest BCUT2D eigenvalue weighted by atomic mass is 9.97. The summed E-state index contributed by atoms with van der Waals surface area (Å²) in [5, 5.41) is 11.8. The molecule has 1 amide bonds. The molecule has 2 N–H and O–H groups in total. The summed E-state index contributed by atoms with van der Waals surface area (Å²) in [6.07, 6.45) is 3.99. The van der Waals surface area contributed by atoms with Crippen molar-refractivity contribution in [3.63, 3.8) is 0 Å². The van der Waals surface area contributed by atoms with Crippen molar-refractivity contribution in [2.75, 3.05) is 6.61 Å². The van der Waals surface area contributed by atoms with Gasteiger partial charge in [0.1, 0.15) is 0 Å². The number of carbonyl (C=O) groups excluding carboxylic acids is 1. The first-order chi connectivity index (χ1) is 9.45. The Hall–Kier alpha value is -1.10. The van der Waals surface area contributed by atoms with E-state index in [1.807, 2.05) is 13.8 Å². The number of carboxylic acid groups (broad SMARTS) is 1. The Morgan fingerprint density at radius 1 is 1.35 bits per heavy atom. The molecule has 5 heteroatoms. The van der Waals surface area contributed by atoms with Gasteiger partial charge in [-0.05, 0) is 32.6 Å². The van der Waals surface area contributed by atoms with Crippen molar-refractivity contribution < 1.29 is 19.4 Å². The van der Waals surface area contributed by atoms with Crippen molar-refractivity contribution in [1.82, 2.24) is 5.32 Å². The quantitative estimate of drug-likeness (QED) is 0.717. The minimum Gasteiger partial charge on any atom is -0.481 e. The molecule has 1 heterocycles. The number of carbonyl (C=O) groups is 2. The second-order valence-electron chi connectivity index (χ2n) is 5.79. The zero-order chi connectivity index (χ0) is 15.1.